The predicted octanol–water partition coefficient (Wildman–Crippen LogP) is 5.61. The molecule has 1 saturated carbocycles. The molecular formula is C29H32N8O. The molecule has 1 aliphatic rings. The lowest BCUT2D eigenvalue weighted by molar-refractivity contribution is 0.397. The Kier molecular flexibility index (Phi) is 5.74. The Morgan fingerprint density at radius 2 is 1.82 bits per heavy atom. The van der Waals surface area contributed by atoms with Crippen molar-refractivity contribution in [1.29, 1.82) is 0 Å². The van der Waals surface area contributed by atoms with Crippen molar-refractivity contribution in [3.8, 4) is 28.7 Å². The molecule has 1 aromatic carbocycles. The minimum absolute atomic E-state index is 0.192. The zero-order valence-electron chi connectivity index (χ0n) is 22.7. The fourth-order valence-electron chi connectivity index (χ4n) is 5.10. The van der Waals surface area contributed by atoms with E-state index in [2.05, 4.69) is 82.8 Å². The van der Waals surface area contributed by atoms with Crippen LogP contribution in [0.15, 0.2) is 49.2 Å². The van der Waals surface area contributed by atoms with Crippen molar-refractivity contribution in [1.82, 2.24) is 39.3 Å². The Morgan fingerprint density at radius 1 is 1.05 bits per heavy atom. The molecule has 4 heterocycles. The summed E-state index contributed by atoms with van der Waals surface area (Å²) in [5.74, 6) is 2.36. The van der Waals surface area contributed by atoms with Crippen LogP contribution in [-0.4, -0.2) is 46.4 Å². The minimum Gasteiger partial charge on any atom is -0.480 e. The molecule has 0 bridgehead atoms. The first-order valence-electron chi connectivity index (χ1n) is 13.0. The van der Waals surface area contributed by atoms with Gasteiger partial charge < -0.3 is 9.30 Å². The van der Waals surface area contributed by atoms with Gasteiger partial charge in [-0.3, -0.25) is 0 Å². The molecule has 6 rings (SSSR count). The van der Waals surface area contributed by atoms with Gasteiger partial charge in [0, 0.05) is 29.9 Å². The third-order valence-electron chi connectivity index (χ3n) is 7.43. The van der Waals surface area contributed by atoms with Gasteiger partial charge in [-0.15, -0.1) is 0 Å². The highest BCUT2D eigenvalue weighted by molar-refractivity contribution is 5.77. The van der Waals surface area contributed by atoms with Crippen LogP contribution in [0, 0.1) is 12.3 Å². The number of methoxy groups -OCH3 is 1. The molecule has 38 heavy (non-hydrogen) atoms. The average Bonchev–Trinajstić information content (AvgIpc) is 3.19. The monoisotopic (exact) mass is 508 g/mol. The maximum Gasteiger partial charge on any atom is 0.227 e. The number of ether oxygens (including phenoxy) is 1. The van der Waals surface area contributed by atoms with E-state index in [9.17, 15) is 0 Å². The van der Waals surface area contributed by atoms with E-state index in [0.717, 1.165) is 51.4 Å². The van der Waals surface area contributed by atoms with E-state index < -0.39 is 0 Å². The second-order valence-corrected chi connectivity index (χ2v) is 11.1. The molecule has 1 unspecified atom stereocenters. The van der Waals surface area contributed by atoms with Crippen LogP contribution in [0.2, 0.25) is 0 Å². The van der Waals surface area contributed by atoms with Crippen molar-refractivity contribution >= 4 is 11.0 Å². The van der Waals surface area contributed by atoms with Gasteiger partial charge in [0.2, 0.25) is 5.88 Å². The Bertz CT molecular complexity index is 1630. The van der Waals surface area contributed by atoms with Crippen molar-refractivity contribution < 1.29 is 4.74 Å². The summed E-state index contributed by atoms with van der Waals surface area (Å²) in [4.78, 5) is 23.3. The molecule has 0 aliphatic heterocycles. The number of fused-ring (bicyclic) bond motifs is 1. The molecule has 194 valence electrons. The van der Waals surface area contributed by atoms with E-state index in [0.29, 0.717) is 30.2 Å². The Hall–Kier alpha value is -4.14. The minimum atomic E-state index is 0.192. The SMILES string of the molecule is COc1ncnc(C2CC2(C)C)c1-c1ncc2cnn(Cc3ccc(-c4nc(C)cn4C(C)C)cc3)c2n1. The van der Waals surface area contributed by atoms with Crippen LogP contribution in [-0.2, 0) is 6.54 Å². The molecule has 0 amide bonds. The molecule has 1 fully saturated rings. The number of imidazole rings is 1. The highest BCUT2D eigenvalue weighted by Crippen LogP contribution is 2.60. The van der Waals surface area contributed by atoms with Crippen LogP contribution in [0.4, 0.5) is 0 Å². The molecule has 0 N–H and O–H groups in total. The third kappa shape index (κ3) is 4.21. The highest BCUT2D eigenvalue weighted by Gasteiger charge is 2.49. The molecule has 9 heteroatoms. The summed E-state index contributed by atoms with van der Waals surface area (Å²) in [6, 6.07) is 8.84. The molecule has 0 spiro atoms. The van der Waals surface area contributed by atoms with Crippen molar-refractivity contribution in [2.75, 3.05) is 7.11 Å². The summed E-state index contributed by atoms with van der Waals surface area (Å²) in [7, 11) is 1.62. The maximum absolute atomic E-state index is 5.62. The quantitative estimate of drug-likeness (QED) is 0.282. The first-order valence-corrected chi connectivity index (χ1v) is 13.0. The van der Waals surface area contributed by atoms with Crippen LogP contribution in [0.5, 0.6) is 5.88 Å². The van der Waals surface area contributed by atoms with E-state index >= 15 is 0 Å². The van der Waals surface area contributed by atoms with Gasteiger partial charge in [-0.2, -0.15) is 5.10 Å². The van der Waals surface area contributed by atoms with Crippen LogP contribution >= 0.6 is 0 Å². The lowest BCUT2D eigenvalue weighted by Gasteiger charge is -2.13. The molecule has 9 nitrogen and oxygen atoms in total. The van der Waals surface area contributed by atoms with Crippen LogP contribution in [0.3, 0.4) is 0 Å². The normalized spacial score (nSPS) is 16.3. The summed E-state index contributed by atoms with van der Waals surface area (Å²) in [5.41, 5.74) is 5.90. The first-order chi connectivity index (χ1) is 18.2. The van der Waals surface area contributed by atoms with Gasteiger partial charge in [-0.05, 0) is 38.2 Å². The predicted molar refractivity (Wildman–Crippen MR) is 146 cm³/mol. The standard InChI is InChI=1S/C29H32N8O/c1-17(2)36-14-18(3)34-26(36)20-9-7-19(8-10-20)15-37-27-21(13-33-37)12-30-25(35-27)23-24(22-11-29(22,4)5)31-16-32-28(23)38-6/h7-10,12-14,16-17,22H,11,15H2,1-6H3. The molecule has 1 aliphatic carbocycles. The lowest BCUT2D eigenvalue weighted by Crippen LogP contribution is -2.06. The van der Waals surface area contributed by atoms with Crippen molar-refractivity contribution in [2.45, 2.75) is 59.5 Å². The lowest BCUT2D eigenvalue weighted by atomic mass is 10.0. The topological polar surface area (TPSA) is 96.4 Å². The zero-order valence-corrected chi connectivity index (χ0v) is 22.7. The van der Waals surface area contributed by atoms with Crippen molar-refractivity contribution in [3.05, 3.63) is 66.1 Å². The number of benzene rings is 1. The number of aryl methyl sites for hydroxylation is 1. The van der Waals surface area contributed by atoms with Crippen LogP contribution < -0.4 is 4.74 Å². The second-order valence-electron chi connectivity index (χ2n) is 11.1. The Labute approximate surface area is 222 Å². The summed E-state index contributed by atoms with van der Waals surface area (Å²) < 4.78 is 9.74. The number of hydrogen-bond acceptors (Lipinski definition) is 7. The summed E-state index contributed by atoms with van der Waals surface area (Å²) in [6.07, 6.45) is 8.34. The van der Waals surface area contributed by atoms with E-state index in [1.54, 1.807) is 19.6 Å². The van der Waals surface area contributed by atoms with E-state index in [1.807, 2.05) is 17.8 Å². The fourth-order valence-corrected chi connectivity index (χ4v) is 5.10. The first kappa shape index (κ1) is 24.2. The molecular weight excluding hydrogens is 476 g/mol. The van der Waals surface area contributed by atoms with E-state index in [-0.39, 0.29) is 5.41 Å². The number of rotatable bonds is 7. The summed E-state index contributed by atoms with van der Waals surface area (Å²) >= 11 is 0. The highest BCUT2D eigenvalue weighted by atomic mass is 16.5. The van der Waals surface area contributed by atoms with Crippen LogP contribution in [0.25, 0.3) is 33.8 Å². The summed E-state index contributed by atoms with van der Waals surface area (Å²) in [5, 5.41) is 5.50. The van der Waals surface area contributed by atoms with E-state index in [1.165, 1.54) is 0 Å². The molecule has 4 aromatic heterocycles. The molecule has 0 saturated heterocycles. The molecule has 0 radical (unpaired) electrons. The Balaban J connectivity index is 1.33. The largest absolute Gasteiger partial charge is 0.480 e. The fraction of sp³-hybridized carbons (Fsp3) is 0.379. The Morgan fingerprint density at radius 3 is 2.50 bits per heavy atom. The van der Waals surface area contributed by atoms with Gasteiger partial charge >= 0.3 is 0 Å². The van der Waals surface area contributed by atoms with E-state index in [4.69, 9.17) is 14.7 Å². The van der Waals surface area contributed by atoms with Gasteiger partial charge in [0.25, 0.3) is 0 Å². The van der Waals surface area contributed by atoms with Gasteiger partial charge in [0.15, 0.2) is 11.5 Å². The zero-order chi connectivity index (χ0) is 26.6. The number of aromatic nitrogens is 8. The molecule has 5 aromatic rings. The third-order valence-corrected chi connectivity index (χ3v) is 7.43. The molecule has 1 atom stereocenters. The average molecular weight is 509 g/mol. The number of nitrogens with zero attached hydrogens (tertiary/aromatic N) is 8. The summed E-state index contributed by atoms with van der Waals surface area (Å²) in [6.45, 7) is 11.5. The smallest absolute Gasteiger partial charge is 0.227 e. The maximum atomic E-state index is 5.62. The van der Waals surface area contributed by atoms with Gasteiger partial charge in [0.05, 0.1) is 36.6 Å². The van der Waals surface area contributed by atoms with Crippen molar-refractivity contribution in [3.63, 3.8) is 0 Å². The second kappa shape index (κ2) is 9.01. The van der Waals surface area contributed by atoms with Gasteiger partial charge in [0.1, 0.15) is 17.7 Å². The number of hydrogen-bond donors (Lipinski definition) is 0. The van der Waals surface area contributed by atoms with Crippen molar-refractivity contribution in [2.24, 2.45) is 5.41 Å². The van der Waals surface area contributed by atoms with Gasteiger partial charge in [-0.25, -0.2) is 29.6 Å². The van der Waals surface area contributed by atoms with Gasteiger partial charge in [-0.1, -0.05) is 38.1 Å². The van der Waals surface area contributed by atoms with Crippen LogP contribution in [0.1, 0.15) is 63.0 Å².